The van der Waals surface area contributed by atoms with Gasteiger partial charge in [-0.15, -0.1) is 11.3 Å². The van der Waals surface area contributed by atoms with E-state index in [9.17, 15) is 0 Å². The molecule has 0 bridgehead atoms. The first-order chi connectivity index (χ1) is 11.3. The van der Waals surface area contributed by atoms with Gasteiger partial charge in [-0.1, -0.05) is 0 Å². The molecule has 2 aromatic heterocycles. The van der Waals surface area contributed by atoms with Crippen molar-refractivity contribution in [3.63, 3.8) is 0 Å². The zero-order valence-electron chi connectivity index (χ0n) is 13.6. The number of thiazole rings is 1. The molecule has 2 saturated heterocycles. The minimum atomic E-state index is 0.364. The highest BCUT2D eigenvalue weighted by Crippen LogP contribution is 2.39. The number of nitrogens with zero attached hydrogens (tertiary/aromatic N) is 5. The average molecular weight is 329 g/mol. The zero-order valence-corrected chi connectivity index (χ0v) is 14.4. The summed E-state index contributed by atoms with van der Waals surface area (Å²) >= 11 is 1.76. The summed E-state index contributed by atoms with van der Waals surface area (Å²) in [5.41, 5.74) is 1.60. The molecule has 0 aliphatic carbocycles. The standard InChI is InChI=1S/C17H23N5S/c1-14-20-15(13-23-14)12-22-9-2-4-17(22)5-10-21(11-6-17)16-18-7-3-8-19-16/h3,7-8,13H,2,4-6,9-12H2,1H3. The number of aromatic nitrogens is 3. The van der Waals surface area contributed by atoms with Crippen LogP contribution in [0.25, 0.3) is 0 Å². The molecule has 2 fully saturated rings. The molecular weight excluding hydrogens is 306 g/mol. The molecule has 2 aromatic rings. The zero-order chi connectivity index (χ0) is 15.7. The smallest absolute Gasteiger partial charge is 0.225 e. The molecule has 5 nitrogen and oxygen atoms in total. The van der Waals surface area contributed by atoms with Crippen molar-refractivity contribution in [1.82, 2.24) is 19.9 Å². The molecule has 0 amide bonds. The number of hydrogen-bond acceptors (Lipinski definition) is 6. The second-order valence-corrected chi connectivity index (χ2v) is 7.71. The first-order valence-corrected chi connectivity index (χ1v) is 9.31. The number of rotatable bonds is 3. The normalized spacial score (nSPS) is 21.2. The Bertz CT molecular complexity index is 648. The van der Waals surface area contributed by atoms with Crippen LogP contribution in [0.1, 0.15) is 36.4 Å². The molecule has 0 N–H and O–H groups in total. The van der Waals surface area contributed by atoms with Crippen molar-refractivity contribution in [1.29, 1.82) is 0 Å². The highest BCUT2D eigenvalue weighted by molar-refractivity contribution is 7.09. The maximum Gasteiger partial charge on any atom is 0.225 e. The largest absolute Gasteiger partial charge is 0.341 e. The van der Waals surface area contributed by atoms with Gasteiger partial charge in [0.2, 0.25) is 5.95 Å². The number of anilines is 1. The molecule has 4 rings (SSSR count). The maximum absolute atomic E-state index is 4.66. The van der Waals surface area contributed by atoms with Gasteiger partial charge in [-0.2, -0.15) is 0 Å². The lowest BCUT2D eigenvalue weighted by Gasteiger charge is -2.45. The van der Waals surface area contributed by atoms with Gasteiger partial charge < -0.3 is 4.90 Å². The summed E-state index contributed by atoms with van der Waals surface area (Å²) in [5, 5.41) is 3.39. The van der Waals surface area contributed by atoms with Gasteiger partial charge in [-0.05, 0) is 45.2 Å². The van der Waals surface area contributed by atoms with Crippen molar-refractivity contribution >= 4 is 17.3 Å². The van der Waals surface area contributed by atoms with Crippen LogP contribution in [0, 0.1) is 6.92 Å². The molecule has 2 aliphatic rings. The molecule has 1 spiro atoms. The van der Waals surface area contributed by atoms with E-state index in [4.69, 9.17) is 0 Å². The third-order valence-corrected chi connectivity index (χ3v) is 6.11. The quantitative estimate of drug-likeness (QED) is 0.866. The fourth-order valence-corrected chi connectivity index (χ4v) is 4.66. The predicted octanol–water partition coefficient (Wildman–Crippen LogP) is 2.88. The van der Waals surface area contributed by atoms with Crippen LogP contribution >= 0.6 is 11.3 Å². The summed E-state index contributed by atoms with van der Waals surface area (Å²) in [7, 11) is 0. The van der Waals surface area contributed by atoms with Crippen LogP contribution < -0.4 is 4.90 Å². The predicted molar refractivity (Wildman–Crippen MR) is 92.7 cm³/mol. The van der Waals surface area contributed by atoms with Gasteiger partial charge in [-0.25, -0.2) is 15.0 Å². The lowest BCUT2D eigenvalue weighted by Crippen LogP contribution is -2.52. The topological polar surface area (TPSA) is 45.2 Å². The van der Waals surface area contributed by atoms with Crippen LogP contribution in [0.3, 0.4) is 0 Å². The molecule has 0 radical (unpaired) electrons. The molecule has 4 heterocycles. The number of hydrogen-bond donors (Lipinski definition) is 0. The maximum atomic E-state index is 4.66. The Kier molecular flexibility index (Phi) is 4.03. The van der Waals surface area contributed by atoms with Gasteiger partial charge in [0.1, 0.15) is 0 Å². The van der Waals surface area contributed by atoms with Gasteiger partial charge in [0, 0.05) is 42.9 Å². The average Bonchev–Trinajstić information content (AvgIpc) is 3.17. The van der Waals surface area contributed by atoms with E-state index in [2.05, 4.69) is 37.1 Å². The minimum absolute atomic E-state index is 0.364. The van der Waals surface area contributed by atoms with Gasteiger partial charge >= 0.3 is 0 Å². The summed E-state index contributed by atoms with van der Waals surface area (Å²) in [6, 6.07) is 1.88. The molecule has 0 unspecified atom stereocenters. The summed E-state index contributed by atoms with van der Waals surface area (Å²) in [5.74, 6) is 0.877. The van der Waals surface area contributed by atoms with E-state index in [1.165, 1.54) is 42.9 Å². The Balaban J connectivity index is 1.44. The van der Waals surface area contributed by atoms with Gasteiger partial charge in [0.05, 0.1) is 10.7 Å². The van der Waals surface area contributed by atoms with E-state index in [1.807, 2.05) is 18.5 Å². The fourth-order valence-electron chi connectivity index (χ4n) is 4.06. The van der Waals surface area contributed by atoms with Crippen LogP contribution in [-0.2, 0) is 6.54 Å². The SMILES string of the molecule is Cc1nc(CN2CCCC23CCN(c2ncccn2)CC3)cs1. The molecule has 0 atom stereocenters. The highest BCUT2D eigenvalue weighted by Gasteiger charge is 2.43. The van der Waals surface area contributed by atoms with Crippen molar-refractivity contribution < 1.29 is 0 Å². The van der Waals surface area contributed by atoms with Crippen LogP contribution in [-0.4, -0.2) is 45.0 Å². The number of piperidine rings is 1. The first kappa shape index (κ1) is 15.0. The molecule has 6 heteroatoms. The van der Waals surface area contributed by atoms with Crippen molar-refractivity contribution in [3.8, 4) is 0 Å². The minimum Gasteiger partial charge on any atom is -0.341 e. The third kappa shape index (κ3) is 2.97. The Morgan fingerprint density at radius 3 is 2.61 bits per heavy atom. The Labute approximate surface area is 141 Å². The van der Waals surface area contributed by atoms with Crippen LogP contribution in [0.2, 0.25) is 0 Å². The third-order valence-electron chi connectivity index (χ3n) is 5.29. The van der Waals surface area contributed by atoms with Crippen LogP contribution in [0.15, 0.2) is 23.8 Å². The number of likely N-dealkylation sites (tertiary alicyclic amines) is 1. The number of aryl methyl sites for hydroxylation is 1. The van der Waals surface area contributed by atoms with E-state index < -0.39 is 0 Å². The van der Waals surface area contributed by atoms with Crippen LogP contribution in [0.5, 0.6) is 0 Å². The molecular formula is C17H23N5S. The summed E-state index contributed by atoms with van der Waals surface area (Å²) in [4.78, 5) is 18.5. The summed E-state index contributed by atoms with van der Waals surface area (Å²) in [6.07, 6.45) is 8.70. The summed E-state index contributed by atoms with van der Waals surface area (Å²) in [6.45, 7) is 6.41. The van der Waals surface area contributed by atoms with Gasteiger partial charge in [0.15, 0.2) is 0 Å². The Hall–Kier alpha value is -1.53. The van der Waals surface area contributed by atoms with E-state index in [0.29, 0.717) is 5.54 Å². The molecule has 0 aromatic carbocycles. The lowest BCUT2D eigenvalue weighted by molar-refractivity contribution is 0.0983. The molecule has 0 saturated carbocycles. The monoisotopic (exact) mass is 329 g/mol. The second kappa shape index (κ2) is 6.17. The Morgan fingerprint density at radius 2 is 1.91 bits per heavy atom. The van der Waals surface area contributed by atoms with Gasteiger partial charge in [0.25, 0.3) is 0 Å². The molecule has 122 valence electrons. The van der Waals surface area contributed by atoms with E-state index in [-0.39, 0.29) is 0 Å². The fraction of sp³-hybridized carbons (Fsp3) is 0.588. The second-order valence-electron chi connectivity index (χ2n) is 6.64. The first-order valence-electron chi connectivity index (χ1n) is 8.43. The van der Waals surface area contributed by atoms with Crippen molar-refractivity contribution in [3.05, 3.63) is 34.5 Å². The molecule has 23 heavy (non-hydrogen) atoms. The van der Waals surface area contributed by atoms with Crippen LogP contribution in [0.4, 0.5) is 5.95 Å². The van der Waals surface area contributed by atoms with Crippen molar-refractivity contribution in [2.24, 2.45) is 0 Å². The van der Waals surface area contributed by atoms with E-state index in [0.717, 1.165) is 25.6 Å². The molecule has 2 aliphatic heterocycles. The highest BCUT2D eigenvalue weighted by atomic mass is 32.1. The van der Waals surface area contributed by atoms with E-state index in [1.54, 1.807) is 11.3 Å². The Morgan fingerprint density at radius 1 is 1.13 bits per heavy atom. The van der Waals surface area contributed by atoms with E-state index >= 15 is 0 Å². The van der Waals surface area contributed by atoms with Crippen molar-refractivity contribution in [2.45, 2.75) is 44.7 Å². The summed E-state index contributed by atoms with van der Waals surface area (Å²) < 4.78 is 0. The van der Waals surface area contributed by atoms with Gasteiger partial charge in [-0.3, -0.25) is 4.90 Å². The lowest BCUT2D eigenvalue weighted by atomic mass is 9.85. The van der Waals surface area contributed by atoms with Crippen molar-refractivity contribution in [2.75, 3.05) is 24.5 Å².